The lowest BCUT2D eigenvalue weighted by Gasteiger charge is -2.05. The van der Waals surface area contributed by atoms with Gasteiger partial charge >= 0.3 is 0 Å². The summed E-state index contributed by atoms with van der Waals surface area (Å²) < 4.78 is 10.9. The molecule has 0 unspecified atom stereocenters. The van der Waals surface area contributed by atoms with Gasteiger partial charge in [0.2, 0.25) is 0 Å². The Morgan fingerprint density at radius 3 is 2.80 bits per heavy atom. The van der Waals surface area contributed by atoms with E-state index in [0.29, 0.717) is 0 Å². The first-order valence-electron chi connectivity index (χ1n) is 5.60. The molecule has 2 nitrogen and oxygen atoms in total. The summed E-state index contributed by atoms with van der Waals surface area (Å²) in [5.74, 6) is 0.895. The van der Waals surface area contributed by atoms with Gasteiger partial charge in [0.25, 0.3) is 0 Å². The van der Waals surface area contributed by atoms with Crippen LogP contribution in [0.25, 0.3) is 0 Å². The van der Waals surface area contributed by atoms with Crippen molar-refractivity contribution in [2.45, 2.75) is 26.2 Å². The van der Waals surface area contributed by atoms with E-state index in [9.17, 15) is 0 Å². The number of ether oxygens (including phenoxy) is 2. The lowest BCUT2D eigenvalue weighted by molar-refractivity contribution is 0.127. The average Bonchev–Trinajstić information content (AvgIpc) is 2.29. The highest BCUT2D eigenvalue weighted by Crippen LogP contribution is 2.08. The van der Waals surface area contributed by atoms with Crippen molar-refractivity contribution >= 4 is 0 Å². The van der Waals surface area contributed by atoms with Crippen LogP contribution in [0, 0.1) is 6.07 Å². The van der Waals surface area contributed by atoms with E-state index in [1.54, 1.807) is 0 Å². The molecule has 0 aliphatic rings. The summed E-state index contributed by atoms with van der Waals surface area (Å²) in [6.45, 7) is 4.59. The van der Waals surface area contributed by atoms with Gasteiger partial charge in [-0.3, -0.25) is 0 Å². The lowest BCUT2D eigenvalue weighted by atomic mass is 10.3. The summed E-state index contributed by atoms with van der Waals surface area (Å²) >= 11 is 0. The second kappa shape index (κ2) is 8.30. The van der Waals surface area contributed by atoms with Gasteiger partial charge in [0.15, 0.2) is 0 Å². The fourth-order valence-electron chi connectivity index (χ4n) is 1.21. The summed E-state index contributed by atoms with van der Waals surface area (Å²) in [4.78, 5) is 0. The first kappa shape index (κ1) is 12.1. The molecule has 0 saturated carbocycles. The molecule has 1 aromatic carbocycles. The third kappa shape index (κ3) is 6.13. The first-order valence-corrected chi connectivity index (χ1v) is 5.60. The summed E-state index contributed by atoms with van der Waals surface area (Å²) in [6.07, 6.45) is 3.20. The van der Waals surface area contributed by atoms with E-state index in [4.69, 9.17) is 9.47 Å². The van der Waals surface area contributed by atoms with Crippen molar-refractivity contribution in [2.24, 2.45) is 0 Å². The van der Waals surface area contributed by atoms with Crippen molar-refractivity contribution in [2.75, 3.05) is 19.8 Å². The van der Waals surface area contributed by atoms with Crippen LogP contribution >= 0.6 is 0 Å². The summed E-state index contributed by atoms with van der Waals surface area (Å²) in [6, 6.07) is 10.6. The molecule has 0 bridgehead atoms. The molecule has 0 fully saturated rings. The molecule has 0 aliphatic carbocycles. The molecular formula is C13H19O2. The zero-order chi connectivity index (χ0) is 10.8. The van der Waals surface area contributed by atoms with E-state index >= 15 is 0 Å². The van der Waals surface area contributed by atoms with Crippen molar-refractivity contribution in [1.82, 2.24) is 0 Å². The van der Waals surface area contributed by atoms with Crippen molar-refractivity contribution in [3.8, 4) is 5.75 Å². The molecule has 2 heteroatoms. The average molecular weight is 207 g/mol. The van der Waals surface area contributed by atoms with Gasteiger partial charge in [-0.2, -0.15) is 0 Å². The Morgan fingerprint density at radius 1 is 1.20 bits per heavy atom. The molecule has 0 spiro atoms. The summed E-state index contributed by atoms with van der Waals surface area (Å²) in [7, 11) is 0. The van der Waals surface area contributed by atoms with Crippen molar-refractivity contribution in [1.29, 1.82) is 0 Å². The molecule has 15 heavy (non-hydrogen) atoms. The first-order chi connectivity index (χ1) is 7.43. The van der Waals surface area contributed by atoms with Crippen LogP contribution in [0.2, 0.25) is 0 Å². The molecule has 0 aromatic heterocycles. The minimum atomic E-state index is 0.757. The number of unbranched alkanes of at least 4 members (excludes halogenated alkanes) is 1. The predicted molar refractivity (Wildman–Crippen MR) is 61.1 cm³/mol. The van der Waals surface area contributed by atoms with E-state index in [0.717, 1.165) is 44.8 Å². The zero-order valence-electron chi connectivity index (χ0n) is 9.37. The van der Waals surface area contributed by atoms with Gasteiger partial charge in [-0.05, 0) is 37.5 Å². The van der Waals surface area contributed by atoms with Crippen LogP contribution in [0.3, 0.4) is 0 Å². The number of hydrogen-bond acceptors (Lipinski definition) is 2. The normalized spacial score (nSPS) is 10.2. The third-order valence-electron chi connectivity index (χ3n) is 1.98. The second-order valence-electron chi connectivity index (χ2n) is 3.41. The smallest absolute Gasteiger partial charge is 0.119 e. The van der Waals surface area contributed by atoms with E-state index in [1.807, 2.05) is 24.3 Å². The Kier molecular flexibility index (Phi) is 6.67. The van der Waals surface area contributed by atoms with Gasteiger partial charge in [0, 0.05) is 13.2 Å². The van der Waals surface area contributed by atoms with Crippen LogP contribution < -0.4 is 4.74 Å². The summed E-state index contributed by atoms with van der Waals surface area (Å²) in [5, 5.41) is 0. The lowest BCUT2D eigenvalue weighted by Crippen LogP contribution is -2.01. The van der Waals surface area contributed by atoms with Gasteiger partial charge in [-0.1, -0.05) is 19.1 Å². The van der Waals surface area contributed by atoms with E-state index < -0.39 is 0 Å². The second-order valence-corrected chi connectivity index (χ2v) is 3.41. The molecule has 1 radical (unpaired) electrons. The molecule has 0 saturated heterocycles. The van der Waals surface area contributed by atoms with Crippen LogP contribution in [0.5, 0.6) is 5.75 Å². The van der Waals surface area contributed by atoms with E-state index in [1.165, 1.54) is 0 Å². The number of benzene rings is 1. The van der Waals surface area contributed by atoms with Crippen molar-refractivity contribution in [3.63, 3.8) is 0 Å². The molecule has 0 aliphatic heterocycles. The minimum absolute atomic E-state index is 0.757. The fourth-order valence-corrected chi connectivity index (χ4v) is 1.21. The maximum Gasteiger partial charge on any atom is 0.119 e. The molecule has 1 rings (SSSR count). The Hall–Kier alpha value is -1.02. The Morgan fingerprint density at radius 2 is 2.07 bits per heavy atom. The van der Waals surface area contributed by atoms with E-state index in [2.05, 4.69) is 13.0 Å². The minimum Gasteiger partial charge on any atom is -0.494 e. The molecule has 0 amide bonds. The number of rotatable bonds is 8. The topological polar surface area (TPSA) is 18.5 Å². The van der Waals surface area contributed by atoms with Crippen molar-refractivity contribution < 1.29 is 9.47 Å². The van der Waals surface area contributed by atoms with Crippen molar-refractivity contribution in [3.05, 3.63) is 30.3 Å². The van der Waals surface area contributed by atoms with Gasteiger partial charge < -0.3 is 9.47 Å². The Balaban J connectivity index is 1.93. The molecule has 83 valence electrons. The van der Waals surface area contributed by atoms with Gasteiger partial charge in [-0.15, -0.1) is 0 Å². The van der Waals surface area contributed by atoms with Gasteiger partial charge in [0.05, 0.1) is 6.61 Å². The van der Waals surface area contributed by atoms with Gasteiger partial charge in [0.1, 0.15) is 5.75 Å². The third-order valence-corrected chi connectivity index (χ3v) is 1.98. The highest BCUT2D eigenvalue weighted by Gasteiger charge is 1.92. The molecular weight excluding hydrogens is 188 g/mol. The highest BCUT2D eigenvalue weighted by atomic mass is 16.5. The Bertz CT molecular complexity index is 234. The molecule has 0 N–H and O–H groups in total. The van der Waals surface area contributed by atoms with Crippen LogP contribution in [0.15, 0.2) is 24.3 Å². The SMILES string of the molecule is CCCOCCCCOc1c[c]ccc1. The molecule has 1 aromatic rings. The monoisotopic (exact) mass is 207 g/mol. The van der Waals surface area contributed by atoms with Crippen LogP contribution in [0.1, 0.15) is 26.2 Å². The largest absolute Gasteiger partial charge is 0.494 e. The van der Waals surface area contributed by atoms with Crippen LogP contribution in [-0.4, -0.2) is 19.8 Å². The summed E-state index contributed by atoms with van der Waals surface area (Å²) in [5.41, 5.74) is 0. The zero-order valence-corrected chi connectivity index (χ0v) is 9.37. The maximum absolute atomic E-state index is 5.53. The molecule has 0 heterocycles. The Labute approximate surface area is 92.2 Å². The predicted octanol–water partition coefficient (Wildman–Crippen LogP) is 3.07. The van der Waals surface area contributed by atoms with Gasteiger partial charge in [-0.25, -0.2) is 0 Å². The highest BCUT2D eigenvalue weighted by molar-refractivity contribution is 5.19. The number of hydrogen-bond donors (Lipinski definition) is 0. The van der Waals surface area contributed by atoms with Crippen LogP contribution in [0.4, 0.5) is 0 Å². The standard InChI is InChI=1S/C13H19O2/c1-2-10-14-11-6-7-12-15-13-8-4-3-5-9-13/h3-4,8-9H,2,6-7,10-12H2,1H3. The molecule has 0 atom stereocenters. The fraction of sp³-hybridized carbons (Fsp3) is 0.538. The quantitative estimate of drug-likeness (QED) is 0.610. The van der Waals surface area contributed by atoms with E-state index in [-0.39, 0.29) is 0 Å². The van der Waals surface area contributed by atoms with Crippen LogP contribution in [-0.2, 0) is 4.74 Å². The maximum atomic E-state index is 5.53.